The van der Waals surface area contributed by atoms with Crippen LogP contribution in [0.15, 0.2) is 78.9 Å². The SMILES string of the molecule is COc1cccc2c1C[C@H]1C[C@@H](CC(C)(C)[Si](O)(c3ccccc3)c3ccccc3)[C@H](CC[C@@H]3CO3)[C@H]1C2. The van der Waals surface area contributed by atoms with Crippen LogP contribution in [0.25, 0.3) is 0 Å². The van der Waals surface area contributed by atoms with Crippen molar-refractivity contribution < 1.29 is 14.3 Å². The lowest BCUT2D eigenvalue weighted by molar-refractivity contribution is 0.223. The second-order valence-corrected chi connectivity index (χ2v) is 16.6. The smallest absolute Gasteiger partial charge is 0.258 e. The molecule has 1 saturated heterocycles. The van der Waals surface area contributed by atoms with Gasteiger partial charge in [-0.2, -0.15) is 0 Å². The van der Waals surface area contributed by atoms with Crippen molar-refractivity contribution in [3.63, 3.8) is 0 Å². The zero-order valence-electron chi connectivity index (χ0n) is 23.1. The molecule has 3 aromatic rings. The summed E-state index contributed by atoms with van der Waals surface area (Å²) in [7, 11) is -1.23. The van der Waals surface area contributed by atoms with Crippen LogP contribution in [0.5, 0.6) is 5.75 Å². The number of benzene rings is 3. The Morgan fingerprint density at radius 1 is 0.895 bits per heavy atom. The van der Waals surface area contributed by atoms with Gasteiger partial charge in [-0.05, 0) is 94.8 Å². The van der Waals surface area contributed by atoms with E-state index in [-0.39, 0.29) is 5.04 Å². The van der Waals surface area contributed by atoms with Crippen molar-refractivity contribution in [2.24, 2.45) is 23.7 Å². The molecular formula is C34H42O3Si. The standard InChI is InChI=1S/C34H42O3Si/c1-34(2,38(35,28-12-6-4-7-13-28)29-14-8-5-9-15-29)22-26-19-25-21-32-24(11-10-16-33(32)36-3)20-31(25)30(26)18-17-27-23-37-27/h4-16,25-27,30-31,35H,17-23H2,1-3H3/t25-,26+,27-,30+,31+/m1/s1. The molecule has 5 atom stereocenters. The van der Waals surface area contributed by atoms with Crippen LogP contribution in [0.2, 0.25) is 5.04 Å². The molecule has 3 aliphatic rings. The minimum Gasteiger partial charge on any atom is -0.496 e. The first kappa shape index (κ1) is 25.9. The van der Waals surface area contributed by atoms with E-state index in [9.17, 15) is 4.80 Å². The zero-order valence-corrected chi connectivity index (χ0v) is 24.1. The van der Waals surface area contributed by atoms with Crippen molar-refractivity contribution in [1.82, 2.24) is 0 Å². The second kappa shape index (κ2) is 10.3. The topological polar surface area (TPSA) is 42.0 Å². The first-order valence-electron chi connectivity index (χ1n) is 14.5. The van der Waals surface area contributed by atoms with E-state index in [0.717, 1.165) is 42.0 Å². The summed E-state index contributed by atoms with van der Waals surface area (Å²) in [5, 5.41) is 2.02. The summed E-state index contributed by atoms with van der Waals surface area (Å²) in [4.78, 5) is 12.8. The van der Waals surface area contributed by atoms with Gasteiger partial charge in [-0.25, -0.2) is 0 Å². The molecule has 1 aliphatic heterocycles. The van der Waals surface area contributed by atoms with Crippen LogP contribution in [-0.4, -0.2) is 32.9 Å². The summed E-state index contributed by atoms with van der Waals surface area (Å²) >= 11 is 0. The van der Waals surface area contributed by atoms with Gasteiger partial charge < -0.3 is 14.3 Å². The van der Waals surface area contributed by atoms with Crippen molar-refractivity contribution in [1.29, 1.82) is 0 Å². The largest absolute Gasteiger partial charge is 0.496 e. The third kappa shape index (κ3) is 4.65. The minimum atomic E-state index is -3.03. The summed E-state index contributed by atoms with van der Waals surface area (Å²) in [6, 6.07) is 27.7. The number of epoxide rings is 1. The Morgan fingerprint density at radius 2 is 1.55 bits per heavy atom. The Balaban J connectivity index is 1.33. The second-order valence-electron chi connectivity index (χ2n) is 12.7. The van der Waals surface area contributed by atoms with Gasteiger partial charge in [-0.3, -0.25) is 0 Å². The third-order valence-corrected chi connectivity index (χ3v) is 14.6. The molecule has 200 valence electrons. The lowest BCUT2D eigenvalue weighted by Crippen LogP contribution is -2.65. The van der Waals surface area contributed by atoms with Gasteiger partial charge in [0.2, 0.25) is 0 Å². The molecule has 3 aromatic carbocycles. The monoisotopic (exact) mass is 526 g/mol. The molecule has 38 heavy (non-hydrogen) atoms. The highest BCUT2D eigenvalue weighted by Crippen LogP contribution is 2.56. The maximum Gasteiger partial charge on any atom is 0.258 e. The van der Waals surface area contributed by atoms with E-state index in [2.05, 4.69) is 92.7 Å². The molecule has 0 spiro atoms. The van der Waals surface area contributed by atoms with Crippen LogP contribution in [0.4, 0.5) is 0 Å². The fraction of sp³-hybridized carbons (Fsp3) is 0.471. The number of hydrogen-bond donors (Lipinski definition) is 1. The fourth-order valence-corrected chi connectivity index (χ4v) is 11.9. The first-order valence-corrected chi connectivity index (χ1v) is 16.4. The van der Waals surface area contributed by atoms with Crippen LogP contribution in [-0.2, 0) is 17.6 Å². The lowest BCUT2D eigenvalue weighted by Gasteiger charge is -2.43. The van der Waals surface area contributed by atoms with E-state index in [0.29, 0.717) is 29.8 Å². The highest BCUT2D eigenvalue weighted by molar-refractivity contribution is 6.98. The predicted molar refractivity (Wildman–Crippen MR) is 157 cm³/mol. The maximum atomic E-state index is 12.8. The van der Waals surface area contributed by atoms with Gasteiger partial charge in [0, 0.05) is 0 Å². The third-order valence-electron chi connectivity index (χ3n) is 10.1. The summed E-state index contributed by atoms with van der Waals surface area (Å²) < 4.78 is 11.4. The number of rotatable bonds is 9. The Labute approximate surface area is 229 Å². The van der Waals surface area contributed by atoms with Gasteiger partial charge in [-0.1, -0.05) is 86.6 Å². The molecule has 3 nitrogen and oxygen atoms in total. The van der Waals surface area contributed by atoms with Crippen molar-refractivity contribution in [2.75, 3.05) is 13.7 Å². The quantitative estimate of drug-likeness (QED) is 0.285. The Hall–Kier alpha value is -2.40. The van der Waals surface area contributed by atoms with Crippen LogP contribution >= 0.6 is 0 Å². The Bertz CT molecular complexity index is 1200. The van der Waals surface area contributed by atoms with Gasteiger partial charge in [0.25, 0.3) is 8.32 Å². The summed E-state index contributed by atoms with van der Waals surface area (Å²) in [6.07, 6.45) is 7.46. The molecular weight excluding hydrogens is 484 g/mol. The van der Waals surface area contributed by atoms with E-state index in [1.54, 1.807) is 7.11 Å². The van der Waals surface area contributed by atoms with Crippen LogP contribution in [0, 0.1) is 23.7 Å². The predicted octanol–water partition coefficient (Wildman–Crippen LogP) is 5.76. The summed E-state index contributed by atoms with van der Waals surface area (Å²) in [6.45, 7) is 5.63. The molecule has 0 aromatic heterocycles. The van der Waals surface area contributed by atoms with E-state index >= 15 is 0 Å². The van der Waals surface area contributed by atoms with Crippen molar-refractivity contribution in [3.8, 4) is 5.75 Å². The highest BCUT2D eigenvalue weighted by Gasteiger charge is 2.54. The fourth-order valence-electron chi connectivity index (χ4n) is 8.14. The van der Waals surface area contributed by atoms with Crippen LogP contribution in [0.1, 0.15) is 50.7 Å². The van der Waals surface area contributed by atoms with Gasteiger partial charge in [0.1, 0.15) is 5.75 Å². The number of ether oxygens (including phenoxy) is 2. The van der Waals surface area contributed by atoms with Gasteiger partial charge in [0.15, 0.2) is 0 Å². The van der Waals surface area contributed by atoms with E-state index in [1.807, 2.05) is 0 Å². The molecule has 1 heterocycles. The van der Waals surface area contributed by atoms with Crippen molar-refractivity contribution in [3.05, 3.63) is 90.0 Å². The first-order chi connectivity index (χ1) is 18.4. The van der Waals surface area contributed by atoms with Crippen LogP contribution in [0.3, 0.4) is 0 Å². The van der Waals surface area contributed by atoms with Crippen molar-refractivity contribution >= 4 is 18.7 Å². The molecule has 1 N–H and O–H groups in total. The number of fused-ring (bicyclic) bond motifs is 2. The Morgan fingerprint density at radius 3 is 2.16 bits per heavy atom. The van der Waals surface area contributed by atoms with E-state index in [4.69, 9.17) is 9.47 Å². The summed E-state index contributed by atoms with van der Waals surface area (Å²) in [5.74, 6) is 3.73. The number of methoxy groups -OCH3 is 1. The molecule has 2 aliphatic carbocycles. The van der Waals surface area contributed by atoms with E-state index in [1.165, 1.54) is 30.4 Å². The molecule has 0 radical (unpaired) electrons. The van der Waals surface area contributed by atoms with Gasteiger partial charge in [0.05, 0.1) is 19.8 Å². The number of hydrogen-bond acceptors (Lipinski definition) is 3. The lowest BCUT2D eigenvalue weighted by atomic mass is 9.72. The molecule has 0 amide bonds. The average Bonchev–Trinajstić information content (AvgIpc) is 3.72. The molecule has 2 fully saturated rings. The Kier molecular flexibility index (Phi) is 7.00. The maximum absolute atomic E-state index is 12.8. The van der Waals surface area contributed by atoms with E-state index < -0.39 is 8.32 Å². The highest BCUT2D eigenvalue weighted by atomic mass is 28.4. The zero-order chi connectivity index (χ0) is 26.3. The van der Waals surface area contributed by atoms with Gasteiger partial charge >= 0.3 is 0 Å². The summed E-state index contributed by atoms with van der Waals surface area (Å²) in [5.41, 5.74) is 2.91. The minimum absolute atomic E-state index is 0.216. The molecule has 0 bridgehead atoms. The molecule has 0 unspecified atom stereocenters. The van der Waals surface area contributed by atoms with Gasteiger partial charge in [-0.15, -0.1) is 0 Å². The average molecular weight is 527 g/mol. The van der Waals surface area contributed by atoms with Crippen molar-refractivity contribution in [2.45, 2.75) is 63.5 Å². The normalized spacial score (nSPS) is 26.5. The van der Waals surface area contributed by atoms with Crippen LogP contribution < -0.4 is 15.1 Å². The molecule has 6 rings (SSSR count). The molecule has 1 saturated carbocycles. The molecule has 4 heteroatoms.